The van der Waals surface area contributed by atoms with Crippen LogP contribution in [0.1, 0.15) is 40.5 Å². The van der Waals surface area contributed by atoms with Crippen LogP contribution in [-0.2, 0) is 14.8 Å². The first-order valence-corrected chi connectivity index (χ1v) is 10.8. The molecule has 1 aliphatic carbocycles. The zero-order valence-corrected chi connectivity index (χ0v) is 17.1. The quantitative estimate of drug-likeness (QED) is 0.594. The lowest BCUT2D eigenvalue weighted by Crippen LogP contribution is -2.28. The lowest BCUT2D eigenvalue weighted by Gasteiger charge is -2.17. The molecule has 0 spiro atoms. The lowest BCUT2D eigenvalue weighted by molar-refractivity contribution is -0.118. The number of carbonyl (C=O) groups is 1. The number of anilines is 1. The largest absolute Gasteiger partial charge is 0.506 e. The molecule has 1 aromatic rings. The van der Waals surface area contributed by atoms with Gasteiger partial charge in [0.05, 0.1) is 16.5 Å². The van der Waals surface area contributed by atoms with Gasteiger partial charge in [-0.2, -0.15) is 4.31 Å². The third-order valence-corrected chi connectivity index (χ3v) is 7.53. The minimum absolute atomic E-state index is 0.0911. The van der Waals surface area contributed by atoms with Gasteiger partial charge in [0, 0.05) is 13.1 Å². The molecule has 1 saturated heterocycles. The van der Waals surface area contributed by atoms with Gasteiger partial charge in [-0.1, -0.05) is 25.5 Å². The molecular formula is C20H28N2O4S. The van der Waals surface area contributed by atoms with Crippen molar-refractivity contribution in [2.24, 2.45) is 17.3 Å². The van der Waals surface area contributed by atoms with Crippen LogP contribution >= 0.6 is 0 Å². The summed E-state index contributed by atoms with van der Waals surface area (Å²) in [6.45, 7) is 9.09. The van der Waals surface area contributed by atoms with Crippen molar-refractivity contribution >= 4 is 21.6 Å². The van der Waals surface area contributed by atoms with E-state index in [2.05, 4.69) is 11.4 Å². The zero-order chi connectivity index (χ0) is 20.0. The van der Waals surface area contributed by atoms with Crippen molar-refractivity contribution in [3.8, 4) is 5.75 Å². The first-order valence-electron chi connectivity index (χ1n) is 9.34. The van der Waals surface area contributed by atoms with Gasteiger partial charge in [-0.15, -0.1) is 0 Å². The number of amides is 1. The SMILES string of the molecule is CC(C)=CC1C(C(=O)Nc2cc(S(=O)(=O)N3CCCC3)ccc2O)C1(C)C. The topological polar surface area (TPSA) is 86.7 Å². The molecule has 2 unspecified atom stereocenters. The van der Waals surface area contributed by atoms with E-state index in [1.165, 1.54) is 22.5 Å². The molecule has 0 radical (unpaired) electrons. The maximum Gasteiger partial charge on any atom is 0.243 e. The summed E-state index contributed by atoms with van der Waals surface area (Å²) in [6.07, 6.45) is 3.80. The summed E-state index contributed by atoms with van der Waals surface area (Å²) in [5.41, 5.74) is 1.14. The van der Waals surface area contributed by atoms with E-state index in [0.29, 0.717) is 13.1 Å². The summed E-state index contributed by atoms with van der Waals surface area (Å²) in [7, 11) is -3.61. The van der Waals surface area contributed by atoms with Crippen LogP contribution in [-0.4, -0.2) is 36.8 Å². The Hall–Kier alpha value is -1.86. The molecule has 27 heavy (non-hydrogen) atoms. The van der Waals surface area contributed by atoms with Crippen LogP contribution in [0.25, 0.3) is 0 Å². The minimum atomic E-state index is -3.61. The number of allylic oxidation sites excluding steroid dienone is 2. The molecule has 6 nitrogen and oxygen atoms in total. The fraction of sp³-hybridized carbons (Fsp3) is 0.550. The van der Waals surface area contributed by atoms with Gasteiger partial charge in [-0.25, -0.2) is 8.42 Å². The summed E-state index contributed by atoms with van der Waals surface area (Å²) in [5.74, 6) is -0.402. The Kier molecular flexibility index (Phi) is 5.12. The number of carbonyl (C=O) groups excluding carboxylic acids is 1. The summed E-state index contributed by atoms with van der Waals surface area (Å²) >= 11 is 0. The van der Waals surface area contributed by atoms with Crippen LogP contribution in [0.4, 0.5) is 5.69 Å². The van der Waals surface area contributed by atoms with E-state index in [9.17, 15) is 18.3 Å². The van der Waals surface area contributed by atoms with Crippen molar-refractivity contribution in [3.05, 3.63) is 29.8 Å². The highest BCUT2D eigenvalue weighted by molar-refractivity contribution is 7.89. The van der Waals surface area contributed by atoms with E-state index < -0.39 is 10.0 Å². The van der Waals surface area contributed by atoms with E-state index in [4.69, 9.17) is 0 Å². The van der Waals surface area contributed by atoms with E-state index in [1.54, 1.807) is 0 Å². The van der Waals surface area contributed by atoms with Gasteiger partial charge in [0.2, 0.25) is 15.9 Å². The number of rotatable bonds is 5. The van der Waals surface area contributed by atoms with Gasteiger partial charge in [-0.3, -0.25) is 4.79 Å². The Bertz CT molecular complexity index is 879. The predicted molar refractivity (Wildman–Crippen MR) is 105 cm³/mol. The van der Waals surface area contributed by atoms with Crippen LogP contribution < -0.4 is 5.32 Å². The molecule has 1 amide bonds. The third kappa shape index (κ3) is 3.75. The number of hydrogen-bond acceptors (Lipinski definition) is 4. The van der Waals surface area contributed by atoms with Crippen molar-refractivity contribution in [3.63, 3.8) is 0 Å². The maximum atomic E-state index is 12.7. The number of nitrogens with zero attached hydrogens (tertiary/aromatic N) is 1. The second kappa shape index (κ2) is 6.95. The van der Waals surface area contributed by atoms with Crippen molar-refractivity contribution in [1.82, 2.24) is 4.31 Å². The van der Waals surface area contributed by atoms with Crippen LogP contribution in [0, 0.1) is 17.3 Å². The smallest absolute Gasteiger partial charge is 0.243 e. The number of aromatic hydroxyl groups is 1. The number of benzene rings is 1. The first-order chi connectivity index (χ1) is 12.5. The van der Waals surface area contributed by atoms with Gasteiger partial charge >= 0.3 is 0 Å². The molecule has 2 N–H and O–H groups in total. The maximum absolute atomic E-state index is 12.7. The van der Waals surface area contributed by atoms with Gasteiger partial charge in [-0.05, 0) is 56.2 Å². The average Bonchev–Trinajstić information content (AvgIpc) is 2.95. The number of phenolic OH excluding ortho intramolecular Hbond substituents is 1. The summed E-state index contributed by atoms with van der Waals surface area (Å²) < 4.78 is 26.9. The molecule has 0 bridgehead atoms. The Balaban J connectivity index is 1.82. The van der Waals surface area contributed by atoms with Crippen molar-refractivity contribution < 1.29 is 18.3 Å². The molecule has 1 heterocycles. The second-order valence-electron chi connectivity index (χ2n) is 8.35. The highest BCUT2D eigenvalue weighted by atomic mass is 32.2. The normalized spacial score (nSPS) is 24.4. The molecule has 7 heteroatoms. The summed E-state index contributed by atoms with van der Waals surface area (Å²) in [6, 6.07) is 4.06. The van der Waals surface area contributed by atoms with E-state index >= 15 is 0 Å². The Morgan fingerprint density at radius 3 is 2.48 bits per heavy atom. The van der Waals surface area contributed by atoms with Crippen LogP contribution in [0.15, 0.2) is 34.7 Å². The lowest BCUT2D eigenvalue weighted by atomic mass is 10.1. The number of nitrogens with one attached hydrogen (secondary N) is 1. The second-order valence-corrected chi connectivity index (χ2v) is 10.3. The molecule has 3 rings (SSSR count). The Morgan fingerprint density at radius 1 is 1.26 bits per heavy atom. The highest BCUT2D eigenvalue weighted by Crippen LogP contribution is 2.59. The van der Waals surface area contributed by atoms with Crippen LogP contribution in [0.5, 0.6) is 5.75 Å². The summed E-state index contributed by atoms with van der Waals surface area (Å²) in [5, 5.41) is 12.9. The molecule has 1 aliphatic heterocycles. The summed E-state index contributed by atoms with van der Waals surface area (Å²) in [4.78, 5) is 12.8. The standard InChI is InChI=1S/C20H28N2O4S/c1-13(2)11-15-18(20(15,3)4)19(24)21-16-12-14(7-8-17(16)23)27(25,26)22-9-5-6-10-22/h7-8,11-12,15,18,23H,5-6,9-10H2,1-4H3,(H,21,24). The molecule has 2 aliphatic rings. The molecule has 1 saturated carbocycles. The average molecular weight is 393 g/mol. The number of hydrogen-bond donors (Lipinski definition) is 2. The molecule has 2 fully saturated rings. The van der Waals surface area contributed by atoms with Crippen LogP contribution in [0.3, 0.4) is 0 Å². The molecule has 148 valence electrons. The zero-order valence-electron chi connectivity index (χ0n) is 16.3. The monoisotopic (exact) mass is 392 g/mol. The van der Waals surface area contributed by atoms with Gasteiger partial charge < -0.3 is 10.4 Å². The fourth-order valence-electron chi connectivity index (χ4n) is 3.91. The van der Waals surface area contributed by atoms with Gasteiger partial charge in [0.25, 0.3) is 0 Å². The molecule has 2 atom stereocenters. The third-order valence-electron chi connectivity index (χ3n) is 5.63. The van der Waals surface area contributed by atoms with E-state index in [0.717, 1.165) is 18.4 Å². The number of sulfonamides is 1. The molecule has 0 aromatic heterocycles. The fourth-order valence-corrected chi connectivity index (χ4v) is 5.46. The van der Waals surface area contributed by atoms with Crippen molar-refractivity contribution in [1.29, 1.82) is 0 Å². The first kappa shape index (κ1) is 19.9. The van der Waals surface area contributed by atoms with Gasteiger partial charge in [0.15, 0.2) is 0 Å². The van der Waals surface area contributed by atoms with Crippen molar-refractivity contribution in [2.45, 2.75) is 45.4 Å². The minimum Gasteiger partial charge on any atom is -0.506 e. The van der Waals surface area contributed by atoms with Crippen LogP contribution in [0.2, 0.25) is 0 Å². The molecule has 1 aromatic carbocycles. The van der Waals surface area contributed by atoms with E-state index in [-0.39, 0.29) is 39.5 Å². The Labute approximate surface area is 161 Å². The predicted octanol–water partition coefficient (Wildman–Crippen LogP) is 3.35. The van der Waals surface area contributed by atoms with Gasteiger partial charge in [0.1, 0.15) is 5.75 Å². The highest BCUT2D eigenvalue weighted by Gasteiger charge is 2.60. The number of phenols is 1. The Morgan fingerprint density at radius 2 is 1.89 bits per heavy atom. The van der Waals surface area contributed by atoms with E-state index in [1.807, 2.05) is 27.7 Å². The molecular weight excluding hydrogens is 364 g/mol. The van der Waals surface area contributed by atoms with Crippen molar-refractivity contribution in [2.75, 3.05) is 18.4 Å².